The standard InChI is InChI=1S/C15H12ClNO2S/c1-19-14-6-10-9(8-18)5-13(15-3-2-4-20-15)17-12(10)7-11(14)16/h2-7,18H,8H2,1H3. The summed E-state index contributed by atoms with van der Waals surface area (Å²) in [5, 5.41) is 13.0. The van der Waals surface area contributed by atoms with E-state index in [0.29, 0.717) is 10.8 Å². The quantitative estimate of drug-likeness (QED) is 0.791. The zero-order chi connectivity index (χ0) is 14.1. The van der Waals surface area contributed by atoms with E-state index in [1.807, 2.05) is 29.6 Å². The number of pyridine rings is 1. The van der Waals surface area contributed by atoms with Gasteiger partial charge in [0.05, 0.1) is 34.8 Å². The fraction of sp³-hybridized carbons (Fsp3) is 0.133. The largest absolute Gasteiger partial charge is 0.495 e. The second-order valence-electron chi connectivity index (χ2n) is 4.31. The number of rotatable bonds is 3. The molecule has 0 fully saturated rings. The molecule has 2 heterocycles. The molecule has 0 saturated heterocycles. The summed E-state index contributed by atoms with van der Waals surface area (Å²) in [6.45, 7) is -0.0534. The van der Waals surface area contributed by atoms with Crippen LogP contribution in [0.2, 0.25) is 5.02 Å². The molecule has 2 aromatic heterocycles. The van der Waals surface area contributed by atoms with E-state index in [9.17, 15) is 5.11 Å². The molecule has 0 radical (unpaired) electrons. The Hall–Kier alpha value is -1.62. The summed E-state index contributed by atoms with van der Waals surface area (Å²) >= 11 is 7.77. The molecular formula is C15H12ClNO2S. The molecule has 0 bridgehead atoms. The third-order valence-electron chi connectivity index (χ3n) is 3.11. The van der Waals surface area contributed by atoms with Crippen molar-refractivity contribution in [1.82, 2.24) is 4.98 Å². The monoisotopic (exact) mass is 305 g/mol. The van der Waals surface area contributed by atoms with Crippen molar-refractivity contribution in [2.24, 2.45) is 0 Å². The van der Waals surface area contributed by atoms with Gasteiger partial charge in [0, 0.05) is 5.39 Å². The fourth-order valence-corrected chi connectivity index (χ4v) is 3.06. The van der Waals surface area contributed by atoms with Crippen molar-refractivity contribution in [2.45, 2.75) is 6.61 Å². The third kappa shape index (κ3) is 2.26. The van der Waals surface area contributed by atoms with Gasteiger partial charge in [-0.05, 0) is 35.2 Å². The second kappa shape index (κ2) is 5.40. The van der Waals surface area contributed by atoms with Gasteiger partial charge in [-0.3, -0.25) is 0 Å². The molecule has 0 atom stereocenters. The van der Waals surface area contributed by atoms with Crippen molar-refractivity contribution in [3.63, 3.8) is 0 Å². The molecule has 0 aliphatic carbocycles. The third-order valence-corrected chi connectivity index (χ3v) is 4.30. The maximum absolute atomic E-state index is 9.59. The van der Waals surface area contributed by atoms with Crippen molar-refractivity contribution in [3.8, 4) is 16.3 Å². The SMILES string of the molecule is COc1cc2c(CO)cc(-c3cccs3)nc2cc1Cl. The first-order valence-corrected chi connectivity index (χ1v) is 7.30. The highest BCUT2D eigenvalue weighted by molar-refractivity contribution is 7.13. The minimum Gasteiger partial charge on any atom is -0.495 e. The van der Waals surface area contributed by atoms with E-state index in [-0.39, 0.29) is 6.61 Å². The van der Waals surface area contributed by atoms with Gasteiger partial charge in [0.25, 0.3) is 0 Å². The normalized spacial score (nSPS) is 10.9. The first-order chi connectivity index (χ1) is 9.72. The van der Waals surface area contributed by atoms with Gasteiger partial charge < -0.3 is 9.84 Å². The summed E-state index contributed by atoms with van der Waals surface area (Å²) in [5.41, 5.74) is 2.41. The van der Waals surface area contributed by atoms with E-state index >= 15 is 0 Å². The molecule has 0 saturated carbocycles. The number of fused-ring (bicyclic) bond motifs is 1. The molecule has 3 rings (SSSR count). The molecule has 102 valence electrons. The first kappa shape index (κ1) is 13.4. The van der Waals surface area contributed by atoms with Crippen LogP contribution in [0.5, 0.6) is 5.75 Å². The molecular weight excluding hydrogens is 294 g/mol. The Balaban J connectivity index is 2.28. The molecule has 20 heavy (non-hydrogen) atoms. The van der Waals surface area contributed by atoms with Crippen molar-refractivity contribution < 1.29 is 9.84 Å². The molecule has 1 N–H and O–H groups in total. The van der Waals surface area contributed by atoms with Crippen LogP contribution in [0, 0.1) is 0 Å². The van der Waals surface area contributed by atoms with Gasteiger partial charge in [-0.25, -0.2) is 4.98 Å². The predicted octanol–water partition coefficient (Wildman–Crippen LogP) is 4.12. The number of aromatic nitrogens is 1. The van der Waals surface area contributed by atoms with Crippen LogP contribution < -0.4 is 4.74 Å². The highest BCUT2D eigenvalue weighted by Gasteiger charge is 2.11. The molecule has 5 heteroatoms. The van der Waals surface area contributed by atoms with Crippen LogP contribution in [-0.4, -0.2) is 17.2 Å². The van der Waals surface area contributed by atoms with E-state index < -0.39 is 0 Å². The lowest BCUT2D eigenvalue weighted by atomic mass is 10.1. The van der Waals surface area contributed by atoms with Crippen LogP contribution in [-0.2, 0) is 6.61 Å². The van der Waals surface area contributed by atoms with E-state index in [0.717, 1.165) is 27.0 Å². The van der Waals surface area contributed by atoms with Crippen LogP contribution in [0.4, 0.5) is 0 Å². The van der Waals surface area contributed by atoms with Crippen LogP contribution in [0.25, 0.3) is 21.5 Å². The number of aliphatic hydroxyl groups is 1. The lowest BCUT2D eigenvalue weighted by Gasteiger charge is -2.10. The number of methoxy groups -OCH3 is 1. The summed E-state index contributed by atoms with van der Waals surface area (Å²) in [4.78, 5) is 5.69. The number of ether oxygens (including phenoxy) is 1. The van der Waals surface area contributed by atoms with Crippen molar-refractivity contribution in [1.29, 1.82) is 0 Å². The Kier molecular flexibility index (Phi) is 3.61. The molecule has 1 aromatic carbocycles. The summed E-state index contributed by atoms with van der Waals surface area (Å²) in [6.07, 6.45) is 0. The Bertz CT molecular complexity index is 756. The molecule has 0 amide bonds. The number of benzene rings is 1. The van der Waals surface area contributed by atoms with Gasteiger partial charge in [-0.2, -0.15) is 0 Å². The Morgan fingerprint density at radius 3 is 2.85 bits per heavy atom. The number of halogens is 1. The van der Waals surface area contributed by atoms with Crippen LogP contribution in [0.1, 0.15) is 5.56 Å². The lowest BCUT2D eigenvalue weighted by Crippen LogP contribution is -1.93. The Morgan fingerprint density at radius 2 is 2.20 bits per heavy atom. The van der Waals surface area contributed by atoms with E-state index in [1.165, 1.54) is 0 Å². The van der Waals surface area contributed by atoms with Gasteiger partial charge in [0.2, 0.25) is 0 Å². The molecule has 0 spiro atoms. The summed E-state index contributed by atoms with van der Waals surface area (Å²) in [7, 11) is 1.57. The van der Waals surface area contributed by atoms with E-state index in [2.05, 4.69) is 4.98 Å². The van der Waals surface area contributed by atoms with Crippen LogP contribution in [0.3, 0.4) is 0 Å². The second-order valence-corrected chi connectivity index (χ2v) is 5.66. The molecule has 0 aliphatic heterocycles. The average Bonchev–Trinajstić information content (AvgIpc) is 2.99. The number of aliphatic hydroxyl groups excluding tert-OH is 1. The van der Waals surface area contributed by atoms with Gasteiger partial charge in [0.1, 0.15) is 5.75 Å². The summed E-state index contributed by atoms with van der Waals surface area (Å²) in [5.74, 6) is 0.583. The average molecular weight is 306 g/mol. The highest BCUT2D eigenvalue weighted by Crippen LogP contribution is 2.33. The summed E-state index contributed by atoms with van der Waals surface area (Å²) in [6, 6.07) is 9.47. The zero-order valence-corrected chi connectivity index (χ0v) is 12.3. The minimum absolute atomic E-state index is 0.0534. The Morgan fingerprint density at radius 1 is 1.35 bits per heavy atom. The van der Waals surface area contributed by atoms with Crippen molar-refractivity contribution in [3.05, 3.63) is 46.3 Å². The maximum Gasteiger partial charge on any atom is 0.138 e. The number of hydrogen-bond donors (Lipinski definition) is 1. The number of hydrogen-bond acceptors (Lipinski definition) is 4. The molecule has 3 aromatic rings. The summed E-state index contributed by atoms with van der Waals surface area (Å²) < 4.78 is 5.22. The molecule has 0 aliphatic rings. The fourth-order valence-electron chi connectivity index (χ4n) is 2.14. The van der Waals surface area contributed by atoms with Crippen LogP contribution in [0.15, 0.2) is 35.7 Å². The smallest absolute Gasteiger partial charge is 0.138 e. The van der Waals surface area contributed by atoms with Gasteiger partial charge in [-0.1, -0.05) is 17.7 Å². The topological polar surface area (TPSA) is 42.4 Å². The van der Waals surface area contributed by atoms with E-state index in [1.54, 1.807) is 24.5 Å². The Labute approximate surface area is 125 Å². The highest BCUT2D eigenvalue weighted by atomic mass is 35.5. The van der Waals surface area contributed by atoms with Gasteiger partial charge in [0.15, 0.2) is 0 Å². The predicted molar refractivity (Wildman–Crippen MR) is 82.5 cm³/mol. The lowest BCUT2D eigenvalue weighted by molar-refractivity contribution is 0.283. The van der Waals surface area contributed by atoms with Crippen molar-refractivity contribution in [2.75, 3.05) is 7.11 Å². The first-order valence-electron chi connectivity index (χ1n) is 6.05. The number of thiophene rings is 1. The minimum atomic E-state index is -0.0534. The maximum atomic E-state index is 9.59. The van der Waals surface area contributed by atoms with Gasteiger partial charge in [-0.15, -0.1) is 11.3 Å². The number of nitrogens with zero attached hydrogens (tertiary/aromatic N) is 1. The molecule has 3 nitrogen and oxygen atoms in total. The molecule has 0 unspecified atom stereocenters. The zero-order valence-electron chi connectivity index (χ0n) is 10.8. The van der Waals surface area contributed by atoms with Crippen LogP contribution >= 0.6 is 22.9 Å². The van der Waals surface area contributed by atoms with Gasteiger partial charge >= 0.3 is 0 Å². The van der Waals surface area contributed by atoms with E-state index in [4.69, 9.17) is 16.3 Å². The van der Waals surface area contributed by atoms with Crippen molar-refractivity contribution >= 4 is 33.8 Å².